The molecule has 4 nitrogen and oxygen atoms in total. The summed E-state index contributed by atoms with van der Waals surface area (Å²) in [6, 6.07) is 7.60. The van der Waals surface area contributed by atoms with Crippen LogP contribution in [-0.2, 0) is 23.7 Å². The first-order valence-corrected chi connectivity index (χ1v) is 10.3. The van der Waals surface area contributed by atoms with Gasteiger partial charge in [-0.05, 0) is 39.7 Å². The Morgan fingerprint density at radius 3 is 2.13 bits per heavy atom. The molecule has 3 aromatic rings. The van der Waals surface area contributed by atoms with Crippen molar-refractivity contribution in [2.75, 3.05) is 0 Å². The largest absolute Gasteiger partial charge is 0.507 e. The van der Waals surface area contributed by atoms with Gasteiger partial charge in [0, 0.05) is 23.4 Å². The first-order valence-electron chi connectivity index (χ1n) is 9.97. The van der Waals surface area contributed by atoms with E-state index in [0.29, 0.717) is 40.6 Å². The second-order valence-corrected chi connectivity index (χ2v) is 10.1. The summed E-state index contributed by atoms with van der Waals surface area (Å²) >= 11 is 6.21. The van der Waals surface area contributed by atoms with Crippen LogP contribution in [0.5, 0.6) is 5.75 Å². The van der Waals surface area contributed by atoms with Crippen LogP contribution < -0.4 is 0 Å². The number of aliphatic hydroxyl groups is 1. The second kappa shape index (κ2) is 7.89. The lowest BCUT2D eigenvalue weighted by Gasteiger charge is -2.28. The molecular formula is C25H28ClNO3. The topological polar surface area (TPSA) is 66.5 Å². The minimum atomic E-state index is -0.203. The van der Waals surface area contributed by atoms with Gasteiger partial charge in [-0.25, -0.2) is 4.98 Å². The van der Waals surface area contributed by atoms with E-state index < -0.39 is 0 Å². The Morgan fingerprint density at radius 1 is 1.00 bits per heavy atom. The smallest absolute Gasteiger partial charge is 0.199 e. The van der Waals surface area contributed by atoms with E-state index in [0.717, 1.165) is 22.3 Å². The van der Waals surface area contributed by atoms with Gasteiger partial charge in [0.2, 0.25) is 0 Å². The van der Waals surface area contributed by atoms with Crippen LogP contribution in [0.15, 0.2) is 28.7 Å². The third kappa shape index (κ3) is 4.57. The number of hydrogen-bond donors (Lipinski definition) is 2. The number of nitrogens with zero attached hydrogens (tertiary/aromatic N) is 1. The molecule has 0 aliphatic heterocycles. The fourth-order valence-corrected chi connectivity index (χ4v) is 3.80. The van der Waals surface area contributed by atoms with Gasteiger partial charge in [-0.15, -0.1) is 0 Å². The van der Waals surface area contributed by atoms with E-state index >= 15 is 0 Å². The average Bonchev–Trinajstić information content (AvgIpc) is 3.01. The zero-order valence-corrected chi connectivity index (χ0v) is 19.1. The fraction of sp³-hybridized carbons (Fsp3) is 0.400. The van der Waals surface area contributed by atoms with Crippen LogP contribution in [0.4, 0.5) is 0 Å². The van der Waals surface area contributed by atoms with Crippen LogP contribution in [-0.4, -0.2) is 15.2 Å². The average molecular weight is 426 g/mol. The molecule has 3 rings (SSSR count). The zero-order chi connectivity index (χ0) is 22.3. The van der Waals surface area contributed by atoms with Gasteiger partial charge in [0.25, 0.3) is 0 Å². The van der Waals surface area contributed by atoms with E-state index in [1.807, 2.05) is 18.2 Å². The maximum Gasteiger partial charge on any atom is 0.199 e. The van der Waals surface area contributed by atoms with Gasteiger partial charge in [0.1, 0.15) is 17.4 Å². The summed E-state index contributed by atoms with van der Waals surface area (Å²) in [6.07, 6.45) is 2.73. The van der Waals surface area contributed by atoms with Crippen molar-refractivity contribution in [1.29, 1.82) is 0 Å². The quantitative estimate of drug-likeness (QED) is 0.487. The lowest BCUT2D eigenvalue weighted by Crippen LogP contribution is -2.18. The van der Waals surface area contributed by atoms with Gasteiger partial charge < -0.3 is 14.6 Å². The highest BCUT2D eigenvalue weighted by Gasteiger charge is 2.27. The number of aromatic nitrogens is 1. The van der Waals surface area contributed by atoms with Gasteiger partial charge in [-0.1, -0.05) is 71.2 Å². The number of aliphatic hydroxyl groups excluding tert-OH is 1. The van der Waals surface area contributed by atoms with Crippen LogP contribution in [0.1, 0.15) is 69.7 Å². The maximum absolute atomic E-state index is 10.9. The number of fused-ring (bicyclic) bond motifs is 1. The van der Waals surface area contributed by atoms with Crippen molar-refractivity contribution in [3.05, 3.63) is 57.4 Å². The van der Waals surface area contributed by atoms with Gasteiger partial charge >= 0.3 is 0 Å². The molecule has 0 radical (unpaired) electrons. The number of phenolic OH excluding ortho intramolecular Hbond substituents is 1. The molecule has 1 aromatic heterocycles. The SMILES string of the molecule is CC(C)(C)c1cc(Cc2nc3cc(Cl)cc(CC#CO)c3o2)cc(C(C)(C)C)c1O. The molecule has 0 fully saturated rings. The van der Waals surface area contributed by atoms with E-state index in [2.05, 4.69) is 52.4 Å². The molecule has 0 atom stereocenters. The fourth-order valence-electron chi connectivity index (χ4n) is 3.57. The monoisotopic (exact) mass is 425 g/mol. The van der Waals surface area contributed by atoms with Crippen molar-refractivity contribution in [2.24, 2.45) is 0 Å². The van der Waals surface area contributed by atoms with E-state index in [4.69, 9.17) is 21.1 Å². The van der Waals surface area contributed by atoms with Crippen LogP contribution >= 0.6 is 11.6 Å². The second-order valence-electron chi connectivity index (χ2n) is 9.70. The van der Waals surface area contributed by atoms with Gasteiger partial charge in [0.15, 0.2) is 11.5 Å². The van der Waals surface area contributed by atoms with E-state index in [-0.39, 0.29) is 10.8 Å². The third-order valence-electron chi connectivity index (χ3n) is 5.08. The Balaban J connectivity index is 2.09. The Labute approximate surface area is 182 Å². The molecule has 0 saturated heterocycles. The Hall–Kier alpha value is -2.64. The van der Waals surface area contributed by atoms with E-state index in [1.54, 1.807) is 12.1 Å². The van der Waals surface area contributed by atoms with Crippen molar-refractivity contribution >= 4 is 22.7 Å². The summed E-state index contributed by atoms with van der Waals surface area (Å²) in [5, 5.41) is 20.3. The molecule has 5 heteroatoms. The van der Waals surface area contributed by atoms with E-state index in [1.165, 1.54) is 0 Å². The molecule has 0 saturated carbocycles. The van der Waals surface area contributed by atoms with Crippen molar-refractivity contribution in [3.63, 3.8) is 0 Å². The lowest BCUT2D eigenvalue weighted by molar-refractivity contribution is 0.422. The summed E-state index contributed by atoms with van der Waals surface area (Å²) in [7, 11) is 0. The van der Waals surface area contributed by atoms with Crippen LogP contribution in [0.25, 0.3) is 11.1 Å². The number of hydrogen-bond acceptors (Lipinski definition) is 4. The predicted octanol–water partition coefficient (Wildman–Crippen LogP) is 6.25. The molecule has 30 heavy (non-hydrogen) atoms. The lowest BCUT2D eigenvalue weighted by atomic mass is 9.78. The summed E-state index contributed by atoms with van der Waals surface area (Å²) in [5.41, 5.74) is 4.51. The number of halogens is 1. The van der Waals surface area contributed by atoms with Gasteiger partial charge in [0.05, 0.1) is 0 Å². The maximum atomic E-state index is 10.9. The molecule has 2 aromatic carbocycles. The first-order chi connectivity index (χ1) is 13.9. The zero-order valence-electron chi connectivity index (χ0n) is 18.4. The standard InChI is InChI=1S/C25H28ClNO3/c1-24(2,3)18-10-15(11-19(22(18)29)25(4,5)6)12-21-27-20-14-17(26)13-16(8-7-9-28)23(20)30-21/h10-11,13-14,28-29H,8,12H2,1-6H3. The van der Waals surface area contributed by atoms with Gasteiger partial charge in [-0.3, -0.25) is 0 Å². The molecule has 2 N–H and O–H groups in total. The molecule has 0 spiro atoms. The highest BCUT2D eigenvalue weighted by Crippen LogP contribution is 2.40. The molecule has 0 bridgehead atoms. The highest BCUT2D eigenvalue weighted by molar-refractivity contribution is 6.31. The number of rotatable bonds is 3. The number of oxazole rings is 1. The van der Waals surface area contributed by atoms with Crippen molar-refractivity contribution < 1.29 is 14.6 Å². The third-order valence-corrected chi connectivity index (χ3v) is 5.29. The van der Waals surface area contributed by atoms with Gasteiger partial charge in [-0.2, -0.15) is 0 Å². The Bertz CT molecular complexity index is 1120. The van der Waals surface area contributed by atoms with Crippen LogP contribution in [0.3, 0.4) is 0 Å². The summed E-state index contributed by atoms with van der Waals surface area (Å²) in [5.74, 6) is 3.55. The van der Waals surface area contributed by atoms with Crippen LogP contribution in [0.2, 0.25) is 5.02 Å². The molecule has 158 valence electrons. The molecule has 0 aliphatic carbocycles. The molecule has 1 heterocycles. The molecular weight excluding hydrogens is 398 g/mol. The summed E-state index contributed by atoms with van der Waals surface area (Å²) < 4.78 is 6.05. The normalized spacial score (nSPS) is 12.1. The summed E-state index contributed by atoms with van der Waals surface area (Å²) in [6.45, 7) is 12.5. The number of benzene rings is 2. The molecule has 0 unspecified atom stereocenters. The Morgan fingerprint density at radius 2 is 1.60 bits per heavy atom. The summed E-state index contributed by atoms with van der Waals surface area (Å²) in [4.78, 5) is 4.62. The number of aromatic hydroxyl groups is 1. The minimum absolute atomic E-state index is 0.203. The van der Waals surface area contributed by atoms with E-state index in [9.17, 15) is 5.11 Å². The molecule has 0 amide bonds. The molecule has 0 aliphatic rings. The number of phenols is 1. The minimum Gasteiger partial charge on any atom is -0.507 e. The predicted molar refractivity (Wildman–Crippen MR) is 121 cm³/mol. The first kappa shape index (κ1) is 22.1. The van der Waals surface area contributed by atoms with Crippen molar-refractivity contribution in [1.82, 2.24) is 4.98 Å². The Kier molecular flexibility index (Phi) is 5.80. The van der Waals surface area contributed by atoms with Crippen LogP contribution in [0, 0.1) is 12.0 Å². The van der Waals surface area contributed by atoms with Crippen molar-refractivity contribution in [3.8, 4) is 17.8 Å². The van der Waals surface area contributed by atoms with Crippen molar-refractivity contribution in [2.45, 2.75) is 65.2 Å². The highest BCUT2D eigenvalue weighted by atomic mass is 35.5.